The summed E-state index contributed by atoms with van der Waals surface area (Å²) in [6, 6.07) is 15.7. The van der Waals surface area contributed by atoms with E-state index in [2.05, 4.69) is 41.4 Å². The Balaban J connectivity index is 1.76. The summed E-state index contributed by atoms with van der Waals surface area (Å²) in [5, 5.41) is 3.38. The van der Waals surface area contributed by atoms with Crippen molar-refractivity contribution in [2.75, 3.05) is 38.2 Å². The van der Waals surface area contributed by atoms with Crippen LogP contribution in [0.25, 0.3) is 0 Å². The van der Waals surface area contributed by atoms with Crippen LogP contribution in [0.3, 0.4) is 0 Å². The Kier molecular flexibility index (Phi) is 6.28. The van der Waals surface area contributed by atoms with Crippen LogP contribution in [0.1, 0.15) is 30.9 Å². The minimum atomic E-state index is -0.385. The highest BCUT2D eigenvalue weighted by atomic mass is 19.1. The third-order valence-electron chi connectivity index (χ3n) is 5.59. The molecule has 1 unspecified atom stereocenters. The molecule has 2 aromatic rings. The number of methoxy groups -OCH3 is 1. The van der Waals surface area contributed by atoms with Gasteiger partial charge in [-0.3, -0.25) is 0 Å². The first-order valence-corrected chi connectivity index (χ1v) is 9.53. The molecule has 0 bridgehead atoms. The van der Waals surface area contributed by atoms with E-state index in [1.807, 2.05) is 12.1 Å². The second-order valence-corrected chi connectivity index (χ2v) is 6.93. The zero-order chi connectivity index (χ0) is 18.4. The summed E-state index contributed by atoms with van der Waals surface area (Å²) < 4.78 is 20.0. The Morgan fingerprint density at radius 2 is 1.77 bits per heavy atom. The Labute approximate surface area is 156 Å². The molecule has 1 fully saturated rings. The summed E-state index contributed by atoms with van der Waals surface area (Å²) >= 11 is 0. The average molecular weight is 356 g/mol. The highest BCUT2D eigenvalue weighted by molar-refractivity contribution is 5.49. The molecule has 0 radical (unpaired) electrons. The van der Waals surface area contributed by atoms with Gasteiger partial charge in [0.15, 0.2) is 0 Å². The van der Waals surface area contributed by atoms with E-state index in [9.17, 15) is 4.39 Å². The van der Waals surface area contributed by atoms with Crippen molar-refractivity contribution >= 4 is 5.69 Å². The van der Waals surface area contributed by atoms with Gasteiger partial charge in [-0.1, -0.05) is 37.3 Å². The smallest absolute Gasteiger partial charge is 0.126 e. The summed E-state index contributed by atoms with van der Waals surface area (Å²) in [4.78, 5) is 2.40. The van der Waals surface area contributed by atoms with Crippen LogP contribution >= 0.6 is 0 Å². The molecule has 26 heavy (non-hydrogen) atoms. The van der Waals surface area contributed by atoms with Crippen LogP contribution in [0.2, 0.25) is 0 Å². The minimum Gasteiger partial charge on any atom is -0.374 e. The van der Waals surface area contributed by atoms with Gasteiger partial charge in [0.25, 0.3) is 0 Å². The van der Waals surface area contributed by atoms with Crippen molar-refractivity contribution in [2.45, 2.75) is 31.8 Å². The van der Waals surface area contributed by atoms with Crippen molar-refractivity contribution in [3.05, 3.63) is 65.5 Å². The predicted molar refractivity (Wildman–Crippen MR) is 105 cm³/mol. The van der Waals surface area contributed by atoms with E-state index in [4.69, 9.17) is 4.74 Å². The van der Waals surface area contributed by atoms with E-state index in [-0.39, 0.29) is 11.4 Å². The number of aryl methyl sites for hydroxylation is 1. The van der Waals surface area contributed by atoms with Crippen molar-refractivity contribution in [3.63, 3.8) is 0 Å². The topological polar surface area (TPSA) is 24.5 Å². The first-order chi connectivity index (χ1) is 12.7. The number of benzene rings is 2. The maximum absolute atomic E-state index is 14.0. The van der Waals surface area contributed by atoms with Crippen LogP contribution in [0.15, 0.2) is 48.5 Å². The van der Waals surface area contributed by atoms with Crippen molar-refractivity contribution in [2.24, 2.45) is 0 Å². The van der Waals surface area contributed by atoms with Gasteiger partial charge in [-0.15, -0.1) is 0 Å². The van der Waals surface area contributed by atoms with Gasteiger partial charge in [-0.05, 0) is 48.6 Å². The molecule has 4 heteroatoms. The minimum absolute atomic E-state index is 0.136. The summed E-state index contributed by atoms with van der Waals surface area (Å²) in [6.07, 6.45) is 2.27. The van der Waals surface area contributed by atoms with Crippen LogP contribution in [0.5, 0.6) is 0 Å². The second-order valence-electron chi connectivity index (χ2n) is 6.93. The number of halogens is 1. The molecule has 1 aliphatic rings. The zero-order valence-corrected chi connectivity index (χ0v) is 15.8. The normalized spacial score (nSPS) is 17.1. The molecule has 1 N–H and O–H groups in total. The van der Waals surface area contributed by atoms with Gasteiger partial charge in [0.05, 0.1) is 5.60 Å². The molecule has 0 spiro atoms. The molecular weight excluding hydrogens is 327 g/mol. The van der Waals surface area contributed by atoms with Crippen LogP contribution < -0.4 is 10.2 Å². The van der Waals surface area contributed by atoms with E-state index in [0.717, 1.165) is 50.1 Å². The maximum Gasteiger partial charge on any atom is 0.126 e. The number of anilines is 1. The molecule has 0 aromatic heterocycles. The summed E-state index contributed by atoms with van der Waals surface area (Å²) in [6.45, 7) is 6.27. The molecule has 0 aliphatic carbocycles. The lowest BCUT2D eigenvalue weighted by Crippen LogP contribution is -2.43. The standard InChI is InChI=1S/C22H29FN2O/c1-3-22(26-2,13-12-18-6-4-5-7-21(18)23)19-8-10-20(11-9-19)25-16-14-24-15-17-25/h4-11,24H,3,12-17H2,1-2H3. The third kappa shape index (κ3) is 4.08. The van der Waals surface area contributed by atoms with Crippen LogP contribution in [0, 0.1) is 5.82 Å². The fourth-order valence-electron chi connectivity index (χ4n) is 3.83. The van der Waals surface area contributed by atoms with Gasteiger partial charge < -0.3 is 15.0 Å². The Hall–Kier alpha value is -1.91. The van der Waals surface area contributed by atoms with Crippen molar-refractivity contribution in [3.8, 4) is 0 Å². The highest BCUT2D eigenvalue weighted by Crippen LogP contribution is 2.35. The number of rotatable bonds is 7. The third-order valence-corrected chi connectivity index (χ3v) is 5.59. The van der Waals surface area contributed by atoms with E-state index >= 15 is 0 Å². The molecular formula is C22H29FN2O. The van der Waals surface area contributed by atoms with Crippen molar-refractivity contribution in [1.82, 2.24) is 5.32 Å². The molecule has 0 amide bonds. The largest absolute Gasteiger partial charge is 0.374 e. The van der Waals surface area contributed by atoms with Gasteiger partial charge in [-0.25, -0.2) is 4.39 Å². The lowest BCUT2D eigenvalue weighted by molar-refractivity contribution is -0.0256. The number of ether oxygens (including phenoxy) is 1. The predicted octanol–water partition coefficient (Wildman–Crippen LogP) is 4.12. The Morgan fingerprint density at radius 3 is 2.38 bits per heavy atom. The van der Waals surface area contributed by atoms with Gasteiger partial charge >= 0.3 is 0 Å². The monoisotopic (exact) mass is 356 g/mol. The van der Waals surface area contributed by atoms with Crippen LogP contribution in [-0.2, 0) is 16.8 Å². The second kappa shape index (κ2) is 8.65. The van der Waals surface area contributed by atoms with E-state index in [1.54, 1.807) is 13.2 Å². The van der Waals surface area contributed by atoms with Crippen LogP contribution in [0.4, 0.5) is 10.1 Å². The lowest BCUT2D eigenvalue weighted by Gasteiger charge is -2.34. The summed E-state index contributed by atoms with van der Waals surface area (Å²) in [5.41, 5.74) is 2.78. The van der Waals surface area contributed by atoms with Gasteiger partial charge in [0.1, 0.15) is 5.82 Å². The number of nitrogens with zero attached hydrogens (tertiary/aromatic N) is 1. The maximum atomic E-state index is 14.0. The molecule has 3 rings (SSSR count). The Morgan fingerprint density at radius 1 is 1.08 bits per heavy atom. The Bertz CT molecular complexity index is 692. The van der Waals surface area contributed by atoms with Gasteiger partial charge in [0, 0.05) is 39.0 Å². The highest BCUT2D eigenvalue weighted by Gasteiger charge is 2.30. The van der Waals surface area contributed by atoms with E-state index < -0.39 is 0 Å². The molecule has 1 heterocycles. The molecule has 1 aliphatic heterocycles. The van der Waals surface area contributed by atoms with Crippen molar-refractivity contribution in [1.29, 1.82) is 0 Å². The van der Waals surface area contributed by atoms with E-state index in [1.165, 1.54) is 11.8 Å². The molecule has 1 saturated heterocycles. The molecule has 3 nitrogen and oxygen atoms in total. The molecule has 0 saturated carbocycles. The van der Waals surface area contributed by atoms with Crippen molar-refractivity contribution < 1.29 is 9.13 Å². The number of piperazine rings is 1. The van der Waals surface area contributed by atoms with Gasteiger partial charge in [-0.2, -0.15) is 0 Å². The summed E-state index contributed by atoms with van der Waals surface area (Å²) in [5.74, 6) is -0.136. The first kappa shape index (κ1) is 18.9. The van der Waals surface area contributed by atoms with Gasteiger partial charge in [0.2, 0.25) is 0 Å². The average Bonchev–Trinajstić information content (AvgIpc) is 2.71. The quantitative estimate of drug-likeness (QED) is 0.808. The number of hydrogen-bond acceptors (Lipinski definition) is 3. The number of hydrogen-bond donors (Lipinski definition) is 1. The molecule has 140 valence electrons. The lowest BCUT2D eigenvalue weighted by atomic mass is 9.85. The zero-order valence-electron chi connectivity index (χ0n) is 15.8. The fraction of sp³-hybridized carbons (Fsp3) is 0.455. The molecule has 2 aromatic carbocycles. The van der Waals surface area contributed by atoms with E-state index in [0.29, 0.717) is 6.42 Å². The van der Waals surface area contributed by atoms with Crippen LogP contribution in [-0.4, -0.2) is 33.3 Å². The fourth-order valence-corrected chi connectivity index (χ4v) is 3.83. The molecule has 1 atom stereocenters. The summed E-state index contributed by atoms with van der Waals surface area (Å²) in [7, 11) is 1.76. The SMILES string of the molecule is CCC(CCc1ccccc1F)(OC)c1ccc(N2CCNCC2)cc1. The first-order valence-electron chi connectivity index (χ1n) is 9.53. The number of nitrogens with one attached hydrogen (secondary N) is 1.